The van der Waals surface area contributed by atoms with Crippen LogP contribution < -0.4 is 5.32 Å². The molecule has 1 aliphatic heterocycles. The number of hydrogen-bond donors (Lipinski definition) is 2. The van der Waals surface area contributed by atoms with Crippen LogP contribution in [-0.4, -0.2) is 48.8 Å². The van der Waals surface area contributed by atoms with E-state index in [2.05, 4.69) is 14.8 Å². The average Bonchev–Trinajstić information content (AvgIpc) is 2.59. The molecule has 3 atom stereocenters. The van der Waals surface area contributed by atoms with Crippen molar-refractivity contribution in [1.82, 2.24) is 5.32 Å². The molecular formula is C11H17NO6. The lowest BCUT2D eigenvalue weighted by molar-refractivity contribution is -0.159. The minimum atomic E-state index is -1.20. The normalized spacial score (nSPS) is 29.7. The third-order valence-corrected chi connectivity index (χ3v) is 3.22. The third kappa shape index (κ3) is 2.31. The maximum atomic E-state index is 11.8. The first-order valence-corrected chi connectivity index (χ1v) is 5.42. The van der Waals surface area contributed by atoms with Crippen LogP contribution >= 0.6 is 0 Å². The summed E-state index contributed by atoms with van der Waals surface area (Å²) in [5, 5.41) is 11.9. The molecule has 0 radical (unpaired) electrons. The Morgan fingerprint density at radius 3 is 2.00 bits per heavy atom. The van der Waals surface area contributed by atoms with Crippen LogP contribution in [0.3, 0.4) is 0 Å². The van der Waals surface area contributed by atoms with E-state index in [9.17, 15) is 14.4 Å². The molecule has 0 amide bonds. The third-order valence-electron chi connectivity index (χ3n) is 3.22. The number of carboxylic acid groups (broad SMARTS) is 1. The fraction of sp³-hybridized carbons (Fsp3) is 0.727. The Morgan fingerprint density at radius 2 is 1.61 bits per heavy atom. The second kappa shape index (κ2) is 4.93. The number of hydrogen-bond acceptors (Lipinski definition) is 6. The van der Waals surface area contributed by atoms with Crippen molar-refractivity contribution < 1.29 is 29.0 Å². The van der Waals surface area contributed by atoms with Crippen molar-refractivity contribution in [2.75, 3.05) is 14.2 Å². The van der Waals surface area contributed by atoms with Crippen LogP contribution in [0.2, 0.25) is 0 Å². The second-order valence-corrected chi connectivity index (χ2v) is 4.73. The minimum Gasteiger partial charge on any atom is -0.480 e. The fourth-order valence-electron chi connectivity index (χ4n) is 2.41. The number of aliphatic carboxylic acids is 1. The molecule has 2 N–H and O–H groups in total. The van der Waals surface area contributed by atoms with E-state index < -0.39 is 41.3 Å². The Kier molecular flexibility index (Phi) is 3.95. The summed E-state index contributed by atoms with van der Waals surface area (Å²) in [6, 6.07) is -1.17. The molecule has 0 saturated carbocycles. The molecule has 0 unspecified atom stereocenters. The first kappa shape index (κ1) is 14.4. The lowest BCUT2D eigenvalue weighted by Crippen LogP contribution is -2.45. The first-order chi connectivity index (χ1) is 8.26. The summed E-state index contributed by atoms with van der Waals surface area (Å²) in [5.74, 6) is -4.58. The van der Waals surface area contributed by atoms with Crippen LogP contribution in [0.1, 0.15) is 13.8 Å². The standard InChI is InChI=1S/C11H17NO6/c1-11(2)6(10(16)18-4)5(9(15)17-3)7(12-11)8(13)14/h5-7,12H,1-4H3,(H,13,14)/t5-,6-,7-/m1/s1. The molecule has 0 bridgehead atoms. The Labute approximate surface area is 104 Å². The van der Waals surface area contributed by atoms with E-state index in [4.69, 9.17) is 5.11 Å². The average molecular weight is 259 g/mol. The van der Waals surface area contributed by atoms with Gasteiger partial charge < -0.3 is 14.6 Å². The van der Waals surface area contributed by atoms with Crippen molar-refractivity contribution >= 4 is 17.9 Å². The zero-order valence-electron chi connectivity index (χ0n) is 10.7. The predicted molar refractivity (Wildman–Crippen MR) is 59.7 cm³/mol. The van der Waals surface area contributed by atoms with Gasteiger partial charge in [0.2, 0.25) is 0 Å². The number of methoxy groups -OCH3 is 2. The minimum absolute atomic E-state index is 0.633. The molecule has 1 rings (SSSR count). The van der Waals surface area contributed by atoms with Crippen molar-refractivity contribution in [2.24, 2.45) is 11.8 Å². The molecule has 102 valence electrons. The van der Waals surface area contributed by atoms with E-state index in [-0.39, 0.29) is 0 Å². The van der Waals surface area contributed by atoms with E-state index >= 15 is 0 Å². The predicted octanol–water partition coefficient (Wildman–Crippen LogP) is -0.600. The van der Waals surface area contributed by atoms with Crippen molar-refractivity contribution in [3.63, 3.8) is 0 Å². The van der Waals surface area contributed by atoms with Crippen molar-refractivity contribution in [3.05, 3.63) is 0 Å². The molecule has 0 spiro atoms. The number of ether oxygens (including phenoxy) is 2. The van der Waals surface area contributed by atoms with E-state index in [1.165, 1.54) is 7.11 Å². The van der Waals surface area contributed by atoms with E-state index in [0.29, 0.717) is 0 Å². The molecule has 1 fully saturated rings. The number of rotatable bonds is 3. The van der Waals surface area contributed by atoms with E-state index in [1.54, 1.807) is 13.8 Å². The largest absolute Gasteiger partial charge is 0.480 e. The van der Waals surface area contributed by atoms with Gasteiger partial charge in [-0.15, -0.1) is 0 Å². The number of carbonyl (C=O) groups excluding carboxylic acids is 2. The molecule has 1 heterocycles. The summed E-state index contributed by atoms with van der Waals surface area (Å²) >= 11 is 0. The highest BCUT2D eigenvalue weighted by atomic mass is 16.5. The van der Waals surface area contributed by atoms with Gasteiger partial charge in [-0.05, 0) is 13.8 Å². The highest BCUT2D eigenvalue weighted by Crippen LogP contribution is 2.37. The maximum absolute atomic E-state index is 11.8. The van der Waals surface area contributed by atoms with Crippen LogP contribution in [0.15, 0.2) is 0 Å². The van der Waals surface area contributed by atoms with Crippen LogP contribution in [0.5, 0.6) is 0 Å². The van der Waals surface area contributed by atoms with E-state index in [0.717, 1.165) is 7.11 Å². The highest BCUT2D eigenvalue weighted by Gasteiger charge is 2.58. The SMILES string of the molecule is COC(=O)[C@H]1[C@H](C(=O)O)NC(C)(C)[C@H]1C(=O)OC. The zero-order chi connectivity index (χ0) is 14.1. The Bertz CT molecular complexity index is 378. The van der Waals surface area contributed by atoms with Gasteiger partial charge in [0, 0.05) is 5.54 Å². The second-order valence-electron chi connectivity index (χ2n) is 4.73. The Morgan fingerprint density at radius 1 is 1.11 bits per heavy atom. The van der Waals surface area contributed by atoms with Crippen LogP contribution in [0.25, 0.3) is 0 Å². The summed E-state index contributed by atoms with van der Waals surface area (Å²) < 4.78 is 9.23. The lowest BCUT2D eigenvalue weighted by Gasteiger charge is -2.26. The summed E-state index contributed by atoms with van der Waals surface area (Å²) in [7, 11) is 2.35. The zero-order valence-corrected chi connectivity index (χ0v) is 10.7. The molecule has 7 nitrogen and oxygen atoms in total. The summed E-state index contributed by atoms with van der Waals surface area (Å²) in [6.07, 6.45) is 0. The van der Waals surface area contributed by atoms with Gasteiger partial charge in [0.05, 0.1) is 26.1 Å². The van der Waals surface area contributed by atoms with Gasteiger partial charge in [-0.3, -0.25) is 19.7 Å². The summed E-state index contributed by atoms with van der Waals surface area (Å²) in [5.41, 5.74) is -0.866. The quantitative estimate of drug-likeness (QED) is 0.652. The maximum Gasteiger partial charge on any atom is 0.321 e. The van der Waals surface area contributed by atoms with Gasteiger partial charge in [0.15, 0.2) is 0 Å². The lowest BCUT2D eigenvalue weighted by atomic mass is 9.81. The highest BCUT2D eigenvalue weighted by molar-refractivity contribution is 5.90. The number of nitrogens with one attached hydrogen (secondary N) is 1. The first-order valence-electron chi connectivity index (χ1n) is 5.42. The topological polar surface area (TPSA) is 102 Å². The van der Waals surface area contributed by atoms with Crippen LogP contribution in [0.4, 0.5) is 0 Å². The molecule has 1 aliphatic rings. The Balaban J connectivity index is 3.20. The summed E-state index contributed by atoms with van der Waals surface area (Å²) in [4.78, 5) is 34.6. The van der Waals surface area contributed by atoms with Gasteiger partial charge in [-0.2, -0.15) is 0 Å². The van der Waals surface area contributed by atoms with Crippen molar-refractivity contribution in [2.45, 2.75) is 25.4 Å². The van der Waals surface area contributed by atoms with Gasteiger partial charge in [0.25, 0.3) is 0 Å². The van der Waals surface area contributed by atoms with Crippen molar-refractivity contribution in [3.8, 4) is 0 Å². The van der Waals surface area contributed by atoms with Crippen molar-refractivity contribution in [1.29, 1.82) is 0 Å². The number of carboxylic acids is 1. The molecule has 1 saturated heterocycles. The van der Waals surface area contributed by atoms with Gasteiger partial charge in [0.1, 0.15) is 6.04 Å². The van der Waals surface area contributed by atoms with Gasteiger partial charge in [-0.25, -0.2) is 0 Å². The molecule has 18 heavy (non-hydrogen) atoms. The molecule has 0 aliphatic carbocycles. The molecule has 0 aromatic heterocycles. The molecular weight excluding hydrogens is 242 g/mol. The number of carbonyl (C=O) groups is 3. The fourth-order valence-corrected chi connectivity index (χ4v) is 2.41. The molecule has 0 aromatic carbocycles. The van der Waals surface area contributed by atoms with Crippen LogP contribution in [0, 0.1) is 11.8 Å². The van der Waals surface area contributed by atoms with Crippen LogP contribution in [-0.2, 0) is 23.9 Å². The summed E-state index contributed by atoms with van der Waals surface area (Å²) in [6.45, 7) is 3.29. The monoisotopic (exact) mass is 259 g/mol. The molecule has 7 heteroatoms. The van der Waals surface area contributed by atoms with Gasteiger partial charge in [-0.1, -0.05) is 0 Å². The molecule has 0 aromatic rings. The van der Waals surface area contributed by atoms with Gasteiger partial charge >= 0.3 is 17.9 Å². The smallest absolute Gasteiger partial charge is 0.321 e. The Hall–Kier alpha value is -1.63. The van der Waals surface area contributed by atoms with E-state index in [1.807, 2.05) is 0 Å². The number of esters is 2.